The minimum Gasteiger partial charge on any atom is -0.490 e. The molecule has 0 saturated carbocycles. The van der Waals surface area contributed by atoms with Crippen molar-refractivity contribution in [1.82, 2.24) is 0 Å². The van der Waals surface area contributed by atoms with Crippen molar-refractivity contribution in [3.05, 3.63) is 98.9 Å². The minimum absolute atomic E-state index is 0.0373. The van der Waals surface area contributed by atoms with Gasteiger partial charge in [0.05, 0.1) is 27.7 Å². The Morgan fingerprint density at radius 3 is 2.57 bits per heavy atom. The van der Waals surface area contributed by atoms with E-state index in [9.17, 15) is 19.7 Å². The molecular formula is C25H18N2O6S2. The molecule has 1 aliphatic rings. The van der Waals surface area contributed by atoms with Crippen molar-refractivity contribution in [2.75, 3.05) is 11.5 Å². The quantitative estimate of drug-likeness (QED) is 0.102. The van der Waals surface area contributed by atoms with Gasteiger partial charge >= 0.3 is 5.97 Å². The molecule has 0 unspecified atom stereocenters. The van der Waals surface area contributed by atoms with Gasteiger partial charge in [0.25, 0.3) is 11.6 Å². The minimum atomic E-state index is -0.758. The highest BCUT2D eigenvalue weighted by atomic mass is 32.2. The molecule has 0 aliphatic carbocycles. The van der Waals surface area contributed by atoms with Crippen LogP contribution in [0, 0.1) is 10.1 Å². The summed E-state index contributed by atoms with van der Waals surface area (Å²) in [6.45, 7) is 2.09. The molecule has 1 fully saturated rings. The van der Waals surface area contributed by atoms with Gasteiger partial charge in [-0.05, 0) is 48.9 Å². The van der Waals surface area contributed by atoms with Gasteiger partial charge in [0.15, 0.2) is 15.8 Å². The molecule has 10 heteroatoms. The van der Waals surface area contributed by atoms with Crippen molar-refractivity contribution in [3.8, 4) is 11.5 Å². The number of carbonyl (C=O) groups excluding carboxylic acids is 2. The number of thioether (sulfide) groups is 1. The SMILES string of the molecule is CCOc1cc(/C=C2\SC(=S)N(c3ccccc3)C2=O)ccc1OC(=O)c1cccc([N+](=O)[O-])c1. The van der Waals surface area contributed by atoms with E-state index in [1.165, 1.54) is 34.9 Å². The molecule has 8 nitrogen and oxygen atoms in total. The number of carbonyl (C=O) groups is 2. The largest absolute Gasteiger partial charge is 0.490 e. The lowest BCUT2D eigenvalue weighted by atomic mass is 10.1. The first-order valence-corrected chi connectivity index (χ1v) is 11.7. The average Bonchev–Trinajstić information content (AvgIpc) is 3.13. The summed E-state index contributed by atoms with van der Waals surface area (Å²) in [4.78, 5) is 37.9. The topological polar surface area (TPSA) is 99.0 Å². The van der Waals surface area contributed by atoms with Crippen molar-refractivity contribution in [2.24, 2.45) is 0 Å². The number of benzene rings is 3. The van der Waals surface area contributed by atoms with Crippen molar-refractivity contribution < 1.29 is 24.0 Å². The molecule has 3 aromatic rings. The second kappa shape index (κ2) is 10.5. The van der Waals surface area contributed by atoms with E-state index in [2.05, 4.69) is 0 Å². The number of amides is 1. The Morgan fingerprint density at radius 1 is 1.09 bits per heavy atom. The van der Waals surface area contributed by atoms with Crippen LogP contribution in [0.4, 0.5) is 11.4 Å². The van der Waals surface area contributed by atoms with Gasteiger partial charge in [-0.1, -0.05) is 54.3 Å². The number of nitro groups is 1. The molecule has 0 spiro atoms. The second-order valence-electron chi connectivity index (χ2n) is 7.19. The van der Waals surface area contributed by atoms with Crippen LogP contribution < -0.4 is 14.4 Å². The fourth-order valence-electron chi connectivity index (χ4n) is 3.29. The van der Waals surface area contributed by atoms with Crippen LogP contribution in [0.3, 0.4) is 0 Å². The van der Waals surface area contributed by atoms with Crippen LogP contribution in [0.2, 0.25) is 0 Å². The van der Waals surface area contributed by atoms with Crippen LogP contribution in [0.25, 0.3) is 6.08 Å². The molecule has 3 aromatic carbocycles. The van der Waals surface area contributed by atoms with E-state index in [4.69, 9.17) is 21.7 Å². The predicted molar refractivity (Wildman–Crippen MR) is 138 cm³/mol. The van der Waals surface area contributed by atoms with Crippen molar-refractivity contribution >= 4 is 57.6 Å². The smallest absolute Gasteiger partial charge is 0.343 e. The van der Waals surface area contributed by atoms with Crippen LogP contribution in [0.1, 0.15) is 22.8 Å². The van der Waals surface area contributed by atoms with Gasteiger partial charge in [-0.2, -0.15) is 0 Å². The summed E-state index contributed by atoms with van der Waals surface area (Å²) < 4.78 is 11.5. The predicted octanol–water partition coefficient (Wildman–Crippen LogP) is 5.62. The number of hydrogen-bond acceptors (Lipinski definition) is 8. The van der Waals surface area contributed by atoms with E-state index in [0.717, 1.165) is 6.07 Å². The van der Waals surface area contributed by atoms with Crippen LogP contribution >= 0.6 is 24.0 Å². The summed E-state index contributed by atoms with van der Waals surface area (Å²) in [5.74, 6) is -0.549. The molecule has 1 heterocycles. The van der Waals surface area contributed by atoms with Gasteiger partial charge in [0.2, 0.25) is 0 Å². The Morgan fingerprint density at radius 2 is 1.86 bits per heavy atom. The molecule has 0 N–H and O–H groups in total. The molecule has 0 atom stereocenters. The van der Waals surface area contributed by atoms with Crippen LogP contribution in [-0.4, -0.2) is 27.7 Å². The Hall–Kier alpha value is -4.02. The number of hydrogen-bond donors (Lipinski definition) is 0. The number of ether oxygens (including phenoxy) is 2. The number of nitrogens with zero attached hydrogens (tertiary/aromatic N) is 2. The van der Waals surface area contributed by atoms with E-state index in [1.807, 2.05) is 30.3 Å². The normalized spacial score (nSPS) is 14.3. The summed E-state index contributed by atoms with van der Waals surface area (Å²) in [6, 6.07) is 19.3. The lowest BCUT2D eigenvalue weighted by molar-refractivity contribution is -0.384. The molecule has 1 aliphatic heterocycles. The van der Waals surface area contributed by atoms with Crippen LogP contribution in [-0.2, 0) is 4.79 Å². The Kier molecular flexibility index (Phi) is 7.23. The molecule has 35 heavy (non-hydrogen) atoms. The van der Waals surface area contributed by atoms with Crippen molar-refractivity contribution in [2.45, 2.75) is 6.92 Å². The average molecular weight is 507 g/mol. The summed E-state index contributed by atoms with van der Waals surface area (Å²) in [5, 5.41) is 11.0. The van der Waals surface area contributed by atoms with E-state index < -0.39 is 10.9 Å². The Bertz CT molecular complexity index is 1360. The van der Waals surface area contributed by atoms with Gasteiger partial charge in [-0.15, -0.1) is 0 Å². The molecule has 1 saturated heterocycles. The molecule has 176 valence electrons. The first-order chi connectivity index (χ1) is 16.9. The third kappa shape index (κ3) is 5.39. The van der Waals surface area contributed by atoms with Gasteiger partial charge in [0, 0.05) is 12.1 Å². The van der Waals surface area contributed by atoms with Gasteiger partial charge < -0.3 is 9.47 Å². The van der Waals surface area contributed by atoms with E-state index in [1.54, 1.807) is 31.2 Å². The van der Waals surface area contributed by atoms with Gasteiger partial charge in [0.1, 0.15) is 0 Å². The maximum absolute atomic E-state index is 13.0. The zero-order valence-electron chi connectivity index (χ0n) is 18.4. The van der Waals surface area contributed by atoms with Gasteiger partial charge in [-0.3, -0.25) is 19.8 Å². The van der Waals surface area contributed by atoms with Crippen LogP contribution in [0.15, 0.2) is 77.7 Å². The summed E-state index contributed by atoms with van der Waals surface area (Å²) in [5.41, 5.74) is 1.16. The van der Waals surface area contributed by atoms with Crippen molar-refractivity contribution in [1.29, 1.82) is 0 Å². The first-order valence-electron chi connectivity index (χ1n) is 10.4. The fraction of sp³-hybridized carbons (Fsp3) is 0.0800. The standard InChI is InChI=1S/C25H18N2O6S2/c1-2-32-21-13-16(14-22-23(28)26(25(34)35-22)18-8-4-3-5-9-18)11-12-20(21)33-24(29)17-7-6-10-19(15-17)27(30)31/h3-15H,2H2,1H3/b22-14-. The number of para-hydroxylation sites is 1. The van der Waals surface area contributed by atoms with E-state index in [-0.39, 0.29) is 22.9 Å². The molecule has 0 radical (unpaired) electrons. The number of rotatable bonds is 7. The monoisotopic (exact) mass is 506 g/mol. The molecule has 4 rings (SSSR count). The van der Waals surface area contributed by atoms with Crippen molar-refractivity contribution in [3.63, 3.8) is 0 Å². The number of thiocarbonyl (C=S) groups is 1. The first kappa shape index (κ1) is 24.1. The summed E-state index contributed by atoms with van der Waals surface area (Å²) >= 11 is 6.60. The molecule has 0 aromatic heterocycles. The molecular weight excluding hydrogens is 488 g/mol. The summed E-state index contributed by atoms with van der Waals surface area (Å²) in [7, 11) is 0. The maximum atomic E-state index is 13.0. The third-order valence-corrected chi connectivity index (χ3v) is 6.17. The lowest BCUT2D eigenvalue weighted by Crippen LogP contribution is -2.27. The van der Waals surface area contributed by atoms with Gasteiger partial charge in [-0.25, -0.2) is 4.79 Å². The second-order valence-corrected chi connectivity index (χ2v) is 8.86. The number of anilines is 1. The zero-order valence-corrected chi connectivity index (χ0v) is 20.0. The molecule has 1 amide bonds. The van der Waals surface area contributed by atoms with Crippen LogP contribution in [0.5, 0.6) is 11.5 Å². The third-order valence-electron chi connectivity index (χ3n) is 4.87. The zero-order chi connectivity index (χ0) is 24.9. The number of non-ortho nitro benzene ring substituents is 1. The summed E-state index contributed by atoms with van der Waals surface area (Å²) in [6.07, 6.45) is 1.69. The maximum Gasteiger partial charge on any atom is 0.343 e. The highest BCUT2D eigenvalue weighted by Gasteiger charge is 2.33. The Labute approximate surface area is 210 Å². The van der Waals surface area contributed by atoms with E-state index >= 15 is 0 Å². The van der Waals surface area contributed by atoms with E-state index in [0.29, 0.717) is 32.8 Å². The highest BCUT2D eigenvalue weighted by molar-refractivity contribution is 8.27. The number of nitro benzene ring substituents is 1. The Balaban J connectivity index is 1.58. The fourth-order valence-corrected chi connectivity index (χ4v) is 4.59. The lowest BCUT2D eigenvalue weighted by Gasteiger charge is -2.14. The number of esters is 1. The molecule has 0 bridgehead atoms. The highest BCUT2D eigenvalue weighted by Crippen LogP contribution is 2.37.